The first-order valence-electron chi connectivity index (χ1n) is 8.87. The van der Waals surface area contributed by atoms with E-state index in [1.165, 1.54) is 6.07 Å². The molecule has 0 saturated heterocycles. The zero-order valence-corrected chi connectivity index (χ0v) is 15.4. The first-order chi connectivity index (χ1) is 13.0. The van der Waals surface area contributed by atoms with Crippen LogP contribution in [0.4, 0.5) is 10.1 Å². The summed E-state index contributed by atoms with van der Waals surface area (Å²) in [4.78, 5) is 15.0. The fourth-order valence-corrected chi connectivity index (χ4v) is 3.61. The SMILES string of the molecule is Cc1ccc2c(c1)Cc1c(cnn1C)CN2C(=O)c1ccc(CN)c(F)c1. The summed E-state index contributed by atoms with van der Waals surface area (Å²) in [5, 5.41) is 4.34. The number of rotatable bonds is 2. The zero-order valence-electron chi connectivity index (χ0n) is 15.4. The molecule has 1 aliphatic rings. The van der Waals surface area contributed by atoms with Gasteiger partial charge in [-0.05, 0) is 30.7 Å². The average Bonchev–Trinajstić information content (AvgIpc) is 2.90. The van der Waals surface area contributed by atoms with Crippen molar-refractivity contribution < 1.29 is 9.18 Å². The number of nitrogens with two attached hydrogens (primary N) is 1. The molecule has 0 atom stereocenters. The van der Waals surface area contributed by atoms with Crippen LogP contribution in [0.5, 0.6) is 0 Å². The van der Waals surface area contributed by atoms with Crippen LogP contribution in [-0.2, 0) is 26.6 Å². The molecule has 0 aliphatic carbocycles. The summed E-state index contributed by atoms with van der Waals surface area (Å²) in [6.45, 7) is 2.53. The van der Waals surface area contributed by atoms with E-state index < -0.39 is 5.82 Å². The van der Waals surface area contributed by atoms with Crippen molar-refractivity contribution in [3.63, 3.8) is 0 Å². The van der Waals surface area contributed by atoms with E-state index in [-0.39, 0.29) is 12.5 Å². The summed E-state index contributed by atoms with van der Waals surface area (Å²) in [5.41, 5.74) is 11.4. The van der Waals surface area contributed by atoms with Gasteiger partial charge in [0.25, 0.3) is 5.91 Å². The summed E-state index contributed by atoms with van der Waals surface area (Å²) < 4.78 is 16.0. The van der Waals surface area contributed by atoms with E-state index in [0.29, 0.717) is 24.1 Å². The molecule has 5 nitrogen and oxygen atoms in total. The molecule has 0 fully saturated rings. The molecule has 0 unspecified atom stereocenters. The van der Waals surface area contributed by atoms with Crippen molar-refractivity contribution in [3.05, 3.63) is 81.9 Å². The van der Waals surface area contributed by atoms with Crippen molar-refractivity contribution in [3.8, 4) is 0 Å². The van der Waals surface area contributed by atoms with Crippen molar-refractivity contribution in [2.75, 3.05) is 4.90 Å². The van der Waals surface area contributed by atoms with Crippen LogP contribution in [0, 0.1) is 12.7 Å². The number of hydrogen-bond donors (Lipinski definition) is 1. The fraction of sp³-hybridized carbons (Fsp3) is 0.238. The third kappa shape index (κ3) is 3.02. The molecule has 138 valence electrons. The molecule has 0 bridgehead atoms. The van der Waals surface area contributed by atoms with Crippen molar-refractivity contribution in [2.24, 2.45) is 12.8 Å². The second-order valence-corrected chi connectivity index (χ2v) is 6.95. The van der Waals surface area contributed by atoms with Crippen LogP contribution in [0.1, 0.15) is 38.3 Å². The van der Waals surface area contributed by atoms with Crippen LogP contribution in [0.25, 0.3) is 0 Å². The summed E-state index contributed by atoms with van der Waals surface area (Å²) in [7, 11) is 1.91. The lowest BCUT2D eigenvalue weighted by atomic mass is 10.0. The third-order valence-corrected chi connectivity index (χ3v) is 5.13. The summed E-state index contributed by atoms with van der Waals surface area (Å²) in [5.74, 6) is -0.691. The van der Waals surface area contributed by atoms with Crippen LogP contribution >= 0.6 is 0 Å². The van der Waals surface area contributed by atoms with Crippen LogP contribution in [0.3, 0.4) is 0 Å². The van der Waals surface area contributed by atoms with Crippen LogP contribution in [-0.4, -0.2) is 15.7 Å². The maximum absolute atomic E-state index is 14.2. The number of aromatic nitrogens is 2. The molecule has 1 amide bonds. The number of halogens is 1. The fourth-order valence-electron chi connectivity index (χ4n) is 3.61. The van der Waals surface area contributed by atoms with Gasteiger partial charge in [-0.2, -0.15) is 5.10 Å². The monoisotopic (exact) mass is 364 g/mol. The minimum Gasteiger partial charge on any atom is -0.326 e. The zero-order chi connectivity index (χ0) is 19.1. The molecule has 0 radical (unpaired) electrons. The van der Waals surface area contributed by atoms with Gasteiger partial charge in [0.05, 0.1) is 12.7 Å². The van der Waals surface area contributed by atoms with E-state index in [2.05, 4.69) is 11.2 Å². The first-order valence-corrected chi connectivity index (χ1v) is 8.87. The second-order valence-electron chi connectivity index (χ2n) is 6.95. The molecule has 2 N–H and O–H groups in total. The Morgan fingerprint density at radius 1 is 1.22 bits per heavy atom. The van der Waals surface area contributed by atoms with Gasteiger partial charge in [-0.25, -0.2) is 4.39 Å². The molecule has 27 heavy (non-hydrogen) atoms. The number of carbonyl (C=O) groups is 1. The molecule has 0 saturated carbocycles. The minimum absolute atomic E-state index is 0.102. The standard InChI is InChI=1S/C21H21FN4O/c1-13-3-6-19-16(7-13)9-20-17(11-24-25(20)2)12-26(19)21(27)14-4-5-15(10-23)18(22)8-14/h3-8,11H,9-10,12,23H2,1-2H3. The van der Waals surface area contributed by atoms with E-state index in [4.69, 9.17) is 5.73 Å². The molecule has 0 spiro atoms. The smallest absolute Gasteiger partial charge is 0.258 e. The number of benzene rings is 2. The summed E-state index contributed by atoms with van der Waals surface area (Å²) >= 11 is 0. The second kappa shape index (κ2) is 6.63. The summed E-state index contributed by atoms with van der Waals surface area (Å²) in [6, 6.07) is 10.5. The van der Waals surface area contributed by atoms with Gasteiger partial charge in [0.1, 0.15) is 5.82 Å². The Bertz CT molecular complexity index is 1040. The highest BCUT2D eigenvalue weighted by Gasteiger charge is 2.27. The maximum atomic E-state index is 14.2. The Balaban J connectivity index is 1.81. The maximum Gasteiger partial charge on any atom is 0.258 e. The van der Waals surface area contributed by atoms with Crippen molar-refractivity contribution in [2.45, 2.75) is 26.4 Å². The van der Waals surface area contributed by atoms with Crippen LogP contribution in [0.2, 0.25) is 0 Å². The Morgan fingerprint density at radius 3 is 2.78 bits per heavy atom. The molecular weight excluding hydrogens is 343 g/mol. The van der Waals surface area contributed by atoms with Gasteiger partial charge in [0.15, 0.2) is 0 Å². The summed E-state index contributed by atoms with van der Waals surface area (Å²) in [6.07, 6.45) is 2.50. The van der Waals surface area contributed by atoms with Gasteiger partial charge in [-0.1, -0.05) is 23.8 Å². The lowest BCUT2D eigenvalue weighted by Crippen LogP contribution is -2.30. The molecule has 1 aromatic heterocycles. The Labute approximate surface area is 157 Å². The molecule has 6 heteroatoms. The van der Waals surface area contributed by atoms with Gasteiger partial charge in [-0.3, -0.25) is 9.48 Å². The van der Waals surface area contributed by atoms with E-state index in [1.54, 1.807) is 23.2 Å². The average molecular weight is 364 g/mol. The molecule has 1 aliphatic heterocycles. The lowest BCUT2D eigenvalue weighted by Gasteiger charge is -2.23. The quantitative estimate of drug-likeness (QED) is 0.760. The predicted molar refractivity (Wildman–Crippen MR) is 102 cm³/mol. The molecule has 4 rings (SSSR count). The Hall–Kier alpha value is -2.99. The van der Waals surface area contributed by atoms with Crippen LogP contribution < -0.4 is 10.6 Å². The number of carbonyl (C=O) groups excluding carboxylic acids is 1. The number of hydrogen-bond acceptors (Lipinski definition) is 3. The van der Waals surface area contributed by atoms with E-state index in [9.17, 15) is 9.18 Å². The highest BCUT2D eigenvalue weighted by molar-refractivity contribution is 6.06. The molecule has 2 aromatic carbocycles. The van der Waals surface area contributed by atoms with E-state index in [1.807, 2.05) is 30.8 Å². The number of amides is 1. The number of aryl methyl sites for hydroxylation is 2. The lowest BCUT2D eigenvalue weighted by molar-refractivity contribution is 0.0984. The Morgan fingerprint density at radius 2 is 2.04 bits per heavy atom. The van der Waals surface area contributed by atoms with Crippen molar-refractivity contribution in [1.82, 2.24) is 9.78 Å². The predicted octanol–water partition coefficient (Wildman–Crippen LogP) is 3.08. The largest absolute Gasteiger partial charge is 0.326 e. The van der Waals surface area contributed by atoms with Crippen molar-refractivity contribution in [1.29, 1.82) is 0 Å². The number of anilines is 1. The normalized spacial score (nSPS) is 13.1. The molecule has 3 aromatic rings. The van der Waals surface area contributed by atoms with Crippen LogP contribution in [0.15, 0.2) is 42.6 Å². The Kier molecular flexibility index (Phi) is 4.28. The highest BCUT2D eigenvalue weighted by atomic mass is 19.1. The van der Waals surface area contributed by atoms with E-state index >= 15 is 0 Å². The molecule has 2 heterocycles. The first kappa shape index (κ1) is 17.4. The van der Waals surface area contributed by atoms with E-state index in [0.717, 1.165) is 28.1 Å². The van der Waals surface area contributed by atoms with Gasteiger partial charge < -0.3 is 10.6 Å². The number of nitrogens with zero attached hydrogens (tertiary/aromatic N) is 3. The topological polar surface area (TPSA) is 64.2 Å². The number of fused-ring (bicyclic) bond motifs is 2. The third-order valence-electron chi connectivity index (χ3n) is 5.13. The highest BCUT2D eigenvalue weighted by Crippen LogP contribution is 2.32. The van der Waals surface area contributed by atoms with Gasteiger partial charge in [0, 0.05) is 48.1 Å². The molecular formula is C21H21FN4O. The van der Waals surface area contributed by atoms with Gasteiger partial charge >= 0.3 is 0 Å². The van der Waals surface area contributed by atoms with Gasteiger partial charge in [0.2, 0.25) is 0 Å². The van der Waals surface area contributed by atoms with Crippen molar-refractivity contribution >= 4 is 11.6 Å². The minimum atomic E-state index is -0.454. The van der Waals surface area contributed by atoms with Gasteiger partial charge in [-0.15, -0.1) is 0 Å².